The number of pyridine rings is 1. The molecule has 0 spiro atoms. The van der Waals surface area contributed by atoms with Crippen LogP contribution in [0.3, 0.4) is 0 Å². The number of aryl methyl sites for hydroxylation is 1. The highest BCUT2D eigenvalue weighted by Gasteiger charge is 2.21. The van der Waals surface area contributed by atoms with E-state index in [0.29, 0.717) is 53.9 Å². The molecule has 0 aliphatic rings. The van der Waals surface area contributed by atoms with E-state index < -0.39 is 12.0 Å². The zero-order valence-electron chi connectivity index (χ0n) is 27.8. The smallest absolute Gasteiger partial charge is 0.324 e. The summed E-state index contributed by atoms with van der Waals surface area (Å²) < 4.78 is 10.7. The second kappa shape index (κ2) is 18.3. The van der Waals surface area contributed by atoms with Crippen LogP contribution in [0.4, 0.5) is 22.0 Å². The van der Waals surface area contributed by atoms with Crippen molar-refractivity contribution in [3.63, 3.8) is 0 Å². The maximum atomic E-state index is 13.0. The first kappa shape index (κ1) is 36.5. The summed E-state index contributed by atoms with van der Waals surface area (Å²) in [6, 6.07) is 15.4. The highest BCUT2D eigenvalue weighted by molar-refractivity contribution is 5.99. The lowest BCUT2D eigenvalue weighted by Crippen LogP contribution is -2.21. The van der Waals surface area contributed by atoms with Crippen molar-refractivity contribution in [1.82, 2.24) is 4.98 Å². The quantitative estimate of drug-likeness (QED) is 0.111. The monoisotopic (exact) mass is 646 g/mol. The van der Waals surface area contributed by atoms with Gasteiger partial charge in [-0.05, 0) is 97.5 Å². The number of aromatic nitrogens is 1. The zero-order valence-corrected chi connectivity index (χ0v) is 27.8. The van der Waals surface area contributed by atoms with E-state index in [4.69, 9.17) is 9.47 Å². The van der Waals surface area contributed by atoms with Crippen molar-refractivity contribution in [3.8, 4) is 11.5 Å². The number of urea groups is 1. The molecule has 3 amide bonds. The average Bonchev–Trinajstić information content (AvgIpc) is 3.01. The van der Waals surface area contributed by atoms with Gasteiger partial charge in [-0.3, -0.25) is 19.7 Å². The predicted octanol–water partition coefficient (Wildman–Crippen LogP) is 7.43. The van der Waals surface area contributed by atoms with E-state index in [0.717, 1.165) is 17.5 Å². The number of ether oxygens (including phenoxy) is 2. The molecule has 47 heavy (non-hydrogen) atoms. The van der Waals surface area contributed by atoms with Crippen molar-refractivity contribution in [2.24, 2.45) is 11.8 Å². The molecule has 3 aromatic rings. The molecule has 11 heteroatoms. The lowest BCUT2D eigenvalue weighted by Gasteiger charge is -2.19. The van der Waals surface area contributed by atoms with E-state index >= 15 is 0 Å². The fourth-order valence-corrected chi connectivity index (χ4v) is 5.58. The molecule has 0 saturated heterocycles. The normalized spacial score (nSPS) is 12.1. The van der Waals surface area contributed by atoms with Crippen molar-refractivity contribution < 1.29 is 33.8 Å². The number of methoxy groups -OCH3 is 2. The van der Waals surface area contributed by atoms with Gasteiger partial charge in [0.25, 0.3) is 0 Å². The molecule has 1 unspecified atom stereocenters. The Morgan fingerprint density at radius 2 is 1.53 bits per heavy atom. The van der Waals surface area contributed by atoms with E-state index in [1.165, 1.54) is 7.11 Å². The van der Waals surface area contributed by atoms with Crippen molar-refractivity contribution >= 4 is 40.9 Å². The molecule has 2 aromatic carbocycles. The Hall–Kier alpha value is -4.93. The molecular weight excluding hydrogens is 600 g/mol. The molecule has 2 atom stereocenters. The van der Waals surface area contributed by atoms with Crippen molar-refractivity contribution in [1.29, 1.82) is 0 Å². The maximum absolute atomic E-state index is 13.0. The van der Waals surface area contributed by atoms with Gasteiger partial charge in [-0.25, -0.2) is 9.78 Å². The molecular formula is C36H46N4O7. The highest BCUT2D eigenvalue weighted by atomic mass is 16.5. The highest BCUT2D eigenvalue weighted by Crippen LogP contribution is 2.34. The molecule has 11 nitrogen and oxygen atoms in total. The van der Waals surface area contributed by atoms with E-state index in [9.17, 15) is 24.3 Å². The van der Waals surface area contributed by atoms with Crippen LogP contribution in [0.1, 0.15) is 75.8 Å². The number of aliphatic carboxylic acids is 1. The van der Waals surface area contributed by atoms with Crippen LogP contribution in [-0.2, 0) is 14.4 Å². The summed E-state index contributed by atoms with van der Waals surface area (Å²) in [5.41, 5.74) is 2.79. The standard InChI is InChI=1S/C36H46N4O7/c1-23(2)18-25(19-30(41)10-6-9-26(22-34(43)44)27-11-16-31(46-4)32(21-27)47-5)20-33(42)38-28-12-14-29(15-13-28)39-36(45)40-35-24(3)8-7-17-37-35/h7-8,11-17,21,23,25-26H,6,9-10,18-20,22H2,1-5H3,(H,38,42)(H,43,44)(H2,37,39,40,45)/t25?,26-/m0/s1. The second-order valence-corrected chi connectivity index (χ2v) is 12.1. The number of hydrogen-bond donors (Lipinski definition) is 4. The topological polar surface area (TPSA) is 156 Å². The lowest BCUT2D eigenvalue weighted by atomic mass is 9.86. The van der Waals surface area contributed by atoms with E-state index in [2.05, 4.69) is 34.8 Å². The molecule has 1 aromatic heterocycles. The third-order valence-electron chi connectivity index (χ3n) is 7.77. The summed E-state index contributed by atoms with van der Waals surface area (Å²) in [5, 5.41) is 17.8. The van der Waals surface area contributed by atoms with Crippen molar-refractivity contribution in [2.45, 2.75) is 71.6 Å². The van der Waals surface area contributed by atoms with E-state index in [1.54, 1.807) is 55.8 Å². The van der Waals surface area contributed by atoms with Gasteiger partial charge >= 0.3 is 12.0 Å². The molecule has 0 radical (unpaired) electrons. The van der Waals surface area contributed by atoms with Gasteiger partial charge in [-0.15, -0.1) is 0 Å². The Balaban J connectivity index is 1.51. The number of carbonyl (C=O) groups is 4. The number of carbonyl (C=O) groups excluding carboxylic acids is 3. The third-order valence-corrected chi connectivity index (χ3v) is 7.77. The first-order chi connectivity index (χ1) is 22.5. The van der Waals surface area contributed by atoms with Gasteiger partial charge in [0.2, 0.25) is 5.91 Å². The number of hydrogen-bond acceptors (Lipinski definition) is 7. The van der Waals surface area contributed by atoms with Gasteiger partial charge in [-0.1, -0.05) is 26.0 Å². The SMILES string of the molecule is COc1ccc([C@@H](CCCC(=O)CC(CC(=O)Nc2ccc(NC(=O)Nc3ncccc3C)cc2)CC(C)C)CC(=O)O)cc1OC. The van der Waals surface area contributed by atoms with Gasteiger partial charge in [-0.2, -0.15) is 0 Å². The number of Topliss-reactive ketones (excluding diaryl/α,β-unsaturated/α-hetero) is 1. The zero-order chi connectivity index (χ0) is 34.3. The summed E-state index contributed by atoms with van der Waals surface area (Å²) in [6.45, 7) is 5.97. The van der Waals surface area contributed by atoms with Crippen LogP contribution in [0.2, 0.25) is 0 Å². The van der Waals surface area contributed by atoms with E-state index in [-0.39, 0.29) is 42.8 Å². The minimum atomic E-state index is -0.911. The molecule has 252 valence electrons. The van der Waals surface area contributed by atoms with E-state index in [1.807, 2.05) is 19.1 Å². The summed E-state index contributed by atoms with van der Waals surface area (Å²) in [7, 11) is 3.07. The van der Waals surface area contributed by atoms with Crippen LogP contribution in [0.25, 0.3) is 0 Å². The summed E-state index contributed by atoms with van der Waals surface area (Å²) in [5.74, 6) is 0.413. The Labute approximate surface area is 276 Å². The van der Waals surface area contributed by atoms with Crippen LogP contribution < -0.4 is 25.4 Å². The minimum absolute atomic E-state index is 0.0550. The Bertz CT molecular complexity index is 1510. The maximum Gasteiger partial charge on any atom is 0.324 e. The van der Waals surface area contributed by atoms with Crippen LogP contribution in [0.5, 0.6) is 11.5 Å². The fourth-order valence-electron chi connectivity index (χ4n) is 5.58. The van der Waals surface area contributed by atoms with Crippen LogP contribution >= 0.6 is 0 Å². The number of ketones is 1. The molecule has 0 aliphatic carbocycles. The summed E-state index contributed by atoms with van der Waals surface area (Å²) >= 11 is 0. The molecule has 0 aliphatic heterocycles. The van der Waals surface area contributed by atoms with Gasteiger partial charge in [0.05, 0.1) is 20.6 Å². The van der Waals surface area contributed by atoms with Gasteiger partial charge in [0, 0.05) is 36.8 Å². The molecule has 1 heterocycles. The summed E-state index contributed by atoms with van der Waals surface area (Å²) in [6.07, 6.45) is 4.10. The molecule has 4 N–H and O–H groups in total. The van der Waals surface area contributed by atoms with Crippen LogP contribution in [0, 0.1) is 18.8 Å². The Kier molecular flexibility index (Phi) is 14.2. The predicted molar refractivity (Wildman–Crippen MR) is 182 cm³/mol. The second-order valence-electron chi connectivity index (χ2n) is 12.1. The number of anilines is 3. The number of amides is 3. The molecule has 0 fully saturated rings. The van der Waals surface area contributed by atoms with Crippen LogP contribution in [-0.4, -0.2) is 48.0 Å². The number of nitrogens with zero attached hydrogens (tertiary/aromatic N) is 1. The first-order valence-electron chi connectivity index (χ1n) is 15.8. The number of rotatable bonds is 18. The van der Waals surface area contributed by atoms with Crippen molar-refractivity contribution in [3.05, 3.63) is 71.9 Å². The average molecular weight is 647 g/mol. The first-order valence-corrected chi connectivity index (χ1v) is 15.8. The number of benzene rings is 2. The molecule has 0 bridgehead atoms. The largest absolute Gasteiger partial charge is 0.493 e. The number of nitrogens with one attached hydrogen (secondary N) is 3. The number of carboxylic acid groups (broad SMARTS) is 1. The lowest BCUT2D eigenvalue weighted by molar-refractivity contribution is -0.137. The minimum Gasteiger partial charge on any atom is -0.493 e. The van der Waals surface area contributed by atoms with Gasteiger partial charge in [0.15, 0.2) is 11.5 Å². The summed E-state index contributed by atoms with van der Waals surface area (Å²) in [4.78, 5) is 54.1. The number of carboxylic acids is 1. The van der Waals surface area contributed by atoms with Crippen LogP contribution in [0.15, 0.2) is 60.8 Å². The van der Waals surface area contributed by atoms with Gasteiger partial charge in [0.1, 0.15) is 11.6 Å². The molecule has 0 saturated carbocycles. The third kappa shape index (κ3) is 12.4. The Morgan fingerprint density at radius 1 is 0.851 bits per heavy atom. The fraction of sp³-hybridized carbons (Fsp3) is 0.417. The van der Waals surface area contributed by atoms with Gasteiger partial charge < -0.3 is 25.2 Å². The Morgan fingerprint density at radius 3 is 2.15 bits per heavy atom. The van der Waals surface area contributed by atoms with Crippen molar-refractivity contribution in [2.75, 3.05) is 30.2 Å². The molecule has 3 rings (SSSR count).